The first-order valence-corrected chi connectivity index (χ1v) is 44.8. The van der Waals surface area contributed by atoms with Crippen LogP contribution in [0.5, 0.6) is 23.0 Å². The first-order chi connectivity index (χ1) is 63.9. The maximum absolute atomic E-state index is 12.2. The van der Waals surface area contributed by atoms with E-state index < -0.39 is 41.0 Å². The Hall–Kier alpha value is -11.4. The van der Waals surface area contributed by atoms with Crippen molar-refractivity contribution in [3.63, 3.8) is 0 Å². The van der Waals surface area contributed by atoms with Crippen LogP contribution < -0.4 is 95.0 Å². The molecular weight excluding hydrogens is 2070 g/mol. The Labute approximate surface area is 846 Å². The molecule has 16 aromatic rings. The van der Waals surface area contributed by atoms with Gasteiger partial charge in [0.1, 0.15) is 0 Å². The Morgan fingerprint density at radius 3 is 0.529 bits per heavy atom. The summed E-state index contributed by atoms with van der Waals surface area (Å²) in [5.74, 6) is 0.259. The second-order valence-corrected chi connectivity index (χ2v) is 31.3. The quantitative estimate of drug-likeness (QED) is 0.0572. The van der Waals surface area contributed by atoms with Crippen LogP contribution in [0.15, 0.2) is 340 Å². The topological polar surface area (TPSA) is 625 Å². The van der Waals surface area contributed by atoms with E-state index in [4.69, 9.17) is 105 Å². The normalized spacial score (nSPS) is 10.6. The molecule has 0 bridgehead atoms. The van der Waals surface area contributed by atoms with E-state index in [9.17, 15) is 20.4 Å². The van der Waals surface area contributed by atoms with Gasteiger partial charge in [-0.2, -0.15) is 10.5 Å². The summed E-state index contributed by atoms with van der Waals surface area (Å²) in [5.41, 5.74) is 14.9. The van der Waals surface area contributed by atoms with Gasteiger partial charge in [0.05, 0.1) is 79.8 Å². The standard InChI is InChI=1S/4C23H21N3O.2C2H3N.4ClHO4.4Cu/c4*27-23-11-4-2-8-19(23)15-26(16-20-9-5-6-14-24-20)17-21-13-12-18-7-1-3-10-22(18)25-21;2*1-2-3;4*2-1(3,4)5;;;;/h4*1-14,27H,15-17H2;2*1H3;4*(H,2,3,4,5);;;;/q;;;;;;;;;;4*+2/p-8. The van der Waals surface area contributed by atoms with Crippen LogP contribution in [-0.2, 0) is 147 Å². The van der Waals surface area contributed by atoms with Gasteiger partial charge in [0.25, 0.3) is 0 Å². The van der Waals surface area contributed by atoms with Crippen molar-refractivity contribution < 1.29 is 204 Å². The smallest absolute Gasteiger partial charge is 0.872 e. The van der Waals surface area contributed by atoms with Gasteiger partial charge in [0.2, 0.25) is 0 Å². The monoisotopic (exact) mass is 2150 g/mol. The number of hydrogen-bond donors (Lipinski definition) is 0. The predicted octanol–water partition coefficient (Wildman–Crippen LogP) is -2.35. The van der Waals surface area contributed by atoms with Crippen LogP contribution in [0.2, 0.25) is 0 Å². The van der Waals surface area contributed by atoms with Crippen molar-refractivity contribution in [3.05, 3.63) is 408 Å². The number of benzene rings is 8. The van der Waals surface area contributed by atoms with E-state index in [0.717, 1.165) is 111 Å². The minimum atomic E-state index is -4.94. The summed E-state index contributed by atoms with van der Waals surface area (Å²) >= 11 is 0. The average molecular weight is 2150 g/mol. The number of nitriles is 2. The summed E-state index contributed by atoms with van der Waals surface area (Å²) in [5, 5.41) is 67.9. The molecule has 8 heterocycles. The second-order valence-electron chi connectivity index (χ2n) is 28.2. The van der Waals surface area contributed by atoms with Gasteiger partial charge in [0, 0.05) is 139 Å². The van der Waals surface area contributed by atoms with E-state index in [2.05, 4.69) is 112 Å². The van der Waals surface area contributed by atoms with Crippen LogP contribution in [0.3, 0.4) is 0 Å². The summed E-state index contributed by atoms with van der Waals surface area (Å²) in [6, 6.07) is 105. The van der Waals surface area contributed by atoms with Crippen LogP contribution in [0.1, 0.15) is 81.7 Å². The molecule has 0 saturated carbocycles. The molecule has 732 valence electrons. The minimum Gasteiger partial charge on any atom is -0.872 e. The van der Waals surface area contributed by atoms with Crippen molar-refractivity contribution >= 4 is 43.6 Å². The van der Waals surface area contributed by atoms with Crippen LogP contribution in [0.25, 0.3) is 43.6 Å². The van der Waals surface area contributed by atoms with Crippen LogP contribution >= 0.6 is 0 Å². The van der Waals surface area contributed by atoms with Gasteiger partial charge >= 0.3 is 68.3 Å². The van der Waals surface area contributed by atoms with E-state index in [1.807, 2.05) is 194 Å². The molecule has 42 heteroatoms. The first-order valence-electron chi connectivity index (χ1n) is 39.9. The molecule has 0 aliphatic rings. The molecule has 0 atom stereocenters. The molecule has 0 spiro atoms. The first kappa shape index (κ1) is 121. The number of hydrogen-bond acceptors (Lipinski definition) is 34. The Kier molecular flexibility index (Phi) is 56.0. The van der Waals surface area contributed by atoms with Crippen molar-refractivity contribution in [1.29, 1.82) is 10.5 Å². The van der Waals surface area contributed by atoms with Crippen molar-refractivity contribution in [1.82, 2.24) is 59.5 Å². The fourth-order valence-corrected chi connectivity index (χ4v) is 12.8. The number of para-hydroxylation sites is 8. The molecule has 16 rings (SSSR count). The van der Waals surface area contributed by atoms with Gasteiger partial charge in [-0.3, -0.25) is 59.5 Å². The van der Waals surface area contributed by atoms with Gasteiger partial charge in [-0.15, -0.1) is 64.0 Å². The fourth-order valence-electron chi connectivity index (χ4n) is 12.8. The molecular formula is C96H86Cl4Cu4N14O20. The molecule has 138 heavy (non-hydrogen) atoms. The third-order valence-electron chi connectivity index (χ3n) is 18.1. The van der Waals surface area contributed by atoms with Crippen molar-refractivity contribution in [3.8, 4) is 35.1 Å². The Morgan fingerprint density at radius 1 is 0.210 bits per heavy atom. The fraction of sp³-hybridized carbons (Fsp3) is 0.146. The summed E-state index contributed by atoms with van der Waals surface area (Å²) < 4.78 is 136. The molecule has 8 aromatic heterocycles. The second kappa shape index (κ2) is 64.0. The predicted molar refractivity (Wildman–Crippen MR) is 442 cm³/mol. The molecule has 4 radical (unpaired) electrons. The number of fused-ring (bicyclic) bond motifs is 4. The van der Waals surface area contributed by atoms with Crippen molar-refractivity contribution in [2.75, 3.05) is 0 Å². The van der Waals surface area contributed by atoms with Crippen molar-refractivity contribution in [2.24, 2.45) is 0 Å². The average Bonchev–Trinajstić information content (AvgIpc) is 0.841. The number of aromatic nitrogens is 8. The van der Waals surface area contributed by atoms with Crippen LogP contribution in [0, 0.1) is 63.6 Å². The summed E-state index contributed by atoms with van der Waals surface area (Å²) in [6.45, 7) is 10.3. The number of nitrogens with zero attached hydrogens (tertiary/aromatic N) is 14. The summed E-state index contributed by atoms with van der Waals surface area (Å²) in [6.07, 6.45) is 7.18. The van der Waals surface area contributed by atoms with E-state index in [1.165, 1.54) is 13.8 Å². The van der Waals surface area contributed by atoms with Gasteiger partial charge in [-0.05, 0) is 119 Å². The zero-order valence-corrected chi connectivity index (χ0v) is 79.8. The maximum Gasteiger partial charge on any atom is 2.00 e. The third kappa shape index (κ3) is 51.3. The van der Waals surface area contributed by atoms with E-state index in [0.29, 0.717) is 78.5 Å². The Balaban J connectivity index is 0.000000431. The van der Waals surface area contributed by atoms with Crippen molar-refractivity contribution in [2.45, 2.75) is 92.4 Å². The minimum absolute atomic E-state index is 0. The van der Waals surface area contributed by atoms with Gasteiger partial charge in [-0.1, -0.05) is 218 Å². The largest absolute Gasteiger partial charge is 2.00 e. The molecule has 34 nitrogen and oxygen atoms in total. The van der Waals surface area contributed by atoms with Gasteiger partial charge in [-0.25, -0.2) is 74.5 Å². The maximum atomic E-state index is 12.2. The van der Waals surface area contributed by atoms with Crippen LogP contribution in [-0.4, -0.2) is 59.5 Å². The SMILES string of the molecule is CC#N.CC#N.[Cu+2].[Cu+2].[Cu+2].[Cu+2].[O-][Cl+3]([O-])([O-])[O-].[O-][Cl+3]([O-])([O-])[O-].[O-][Cl+3]([O-])([O-])[O-].[O-][Cl+3]([O-])([O-])[O-].[O-]c1ccccc1CN(Cc1ccccn1)Cc1ccc2ccccc2n1.[O-]c1ccccc1CN(Cc1ccccn1)Cc1ccc2ccccc2n1.[O-]c1ccccc1CN(Cc1ccccn1)Cc1ccc2ccccc2n1.[O-]c1ccccc1CN(Cc1ccccn1)Cc1ccc2ccccc2n1. The molecule has 0 fully saturated rings. The van der Waals surface area contributed by atoms with Gasteiger partial charge < -0.3 is 20.4 Å². The zero-order valence-electron chi connectivity index (χ0n) is 73.0. The number of halogens is 4. The van der Waals surface area contributed by atoms with E-state index >= 15 is 0 Å². The molecule has 0 saturated heterocycles. The Morgan fingerprint density at radius 2 is 0.362 bits per heavy atom. The van der Waals surface area contributed by atoms with E-state index in [1.54, 1.807) is 85.5 Å². The molecule has 0 amide bonds. The number of pyridine rings is 8. The third-order valence-corrected chi connectivity index (χ3v) is 18.1. The Bertz CT molecular complexity index is 5500. The van der Waals surface area contributed by atoms with Crippen LogP contribution in [0.4, 0.5) is 0 Å². The zero-order chi connectivity index (χ0) is 97.3. The molecule has 0 aliphatic carbocycles. The molecule has 0 unspecified atom stereocenters. The number of rotatable bonds is 24. The molecule has 0 aliphatic heterocycles. The molecule has 8 aromatic carbocycles. The van der Waals surface area contributed by atoms with Gasteiger partial charge in [0.15, 0.2) is 0 Å². The summed E-state index contributed by atoms with van der Waals surface area (Å²) in [4.78, 5) is 45.7. The van der Waals surface area contributed by atoms with E-state index in [-0.39, 0.29) is 91.3 Å². The summed E-state index contributed by atoms with van der Waals surface area (Å²) in [7, 11) is -19.8. The molecule has 0 N–H and O–H groups in total.